The number of carbonyl (C=O) groups excluding carboxylic acids is 1. The quantitative estimate of drug-likeness (QED) is 0.770. The van der Waals surface area contributed by atoms with Gasteiger partial charge in [-0.25, -0.2) is 4.79 Å². The van der Waals surface area contributed by atoms with Crippen LogP contribution < -0.4 is 5.32 Å². The van der Waals surface area contributed by atoms with Gasteiger partial charge in [0.1, 0.15) is 0 Å². The lowest BCUT2D eigenvalue weighted by molar-refractivity contribution is 0.195. The Labute approximate surface area is 136 Å². The SMILES string of the molecule is C=CCN(CCO)C(=O)Nc1ccc(Cn2cc(C)cn2)cc1. The number of urea groups is 1. The summed E-state index contributed by atoms with van der Waals surface area (Å²) in [7, 11) is 0. The molecular weight excluding hydrogens is 292 g/mol. The summed E-state index contributed by atoms with van der Waals surface area (Å²) in [6.07, 6.45) is 5.44. The van der Waals surface area contributed by atoms with Crippen LogP contribution in [0, 0.1) is 6.92 Å². The van der Waals surface area contributed by atoms with Crippen molar-refractivity contribution in [3.8, 4) is 0 Å². The average Bonchev–Trinajstić information content (AvgIpc) is 2.94. The van der Waals surface area contributed by atoms with Crippen molar-refractivity contribution in [3.63, 3.8) is 0 Å². The number of rotatable bonds is 7. The number of carbonyl (C=O) groups is 1. The van der Waals surface area contributed by atoms with E-state index in [9.17, 15) is 4.79 Å². The maximum atomic E-state index is 12.1. The minimum absolute atomic E-state index is 0.0799. The smallest absolute Gasteiger partial charge is 0.322 e. The molecule has 1 aromatic carbocycles. The van der Waals surface area contributed by atoms with Gasteiger partial charge in [0, 0.05) is 25.0 Å². The number of aromatic nitrogens is 2. The predicted octanol–water partition coefficient (Wildman–Crippen LogP) is 2.25. The Morgan fingerprint density at radius 3 is 2.74 bits per heavy atom. The summed E-state index contributed by atoms with van der Waals surface area (Å²) in [5.41, 5.74) is 2.94. The highest BCUT2D eigenvalue weighted by molar-refractivity contribution is 5.89. The van der Waals surface area contributed by atoms with Gasteiger partial charge in [0.05, 0.1) is 19.3 Å². The standard InChI is InChI=1S/C17H22N4O2/c1-3-8-20(9-10-22)17(23)19-16-6-4-15(5-7-16)13-21-12-14(2)11-18-21/h3-7,11-12,22H,1,8-10,13H2,2H3,(H,19,23). The van der Waals surface area contributed by atoms with Gasteiger partial charge in [-0.2, -0.15) is 5.10 Å². The summed E-state index contributed by atoms with van der Waals surface area (Å²) >= 11 is 0. The number of aliphatic hydroxyl groups excluding tert-OH is 1. The zero-order valence-corrected chi connectivity index (χ0v) is 13.3. The van der Waals surface area contributed by atoms with Crippen molar-refractivity contribution in [1.82, 2.24) is 14.7 Å². The van der Waals surface area contributed by atoms with Crippen molar-refractivity contribution < 1.29 is 9.90 Å². The van der Waals surface area contributed by atoms with Crippen molar-refractivity contribution in [2.75, 3.05) is 25.0 Å². The molecule has 0 radical (unpaired) electrons. The number of nitrogens with one attached hydrogen (secondary N) is 1. The van der Waals surface area contributed by atoms with E-state index in [1.54, 1.807) is 6.08 Å². The molecule has 6 heteroatoms. The third-order valence-electron chi connectivity index (χ3n) is 3.32. The molecule has 1 heterocycles. The first-order chi connectivity index (χ1) is 11.1. The van der Waals surface area contributed by atoms with Gasteiger partial charge in [-0.05, 0) is 30.2 Å². The number of hydrogen-bond acceptors (Lipinski definition) is 3. The van der Waals surface area contributed by atoms with Crippen LogP contribution in [0.5, 0.6) is 0 Å². The second-order valence-electron chi connectivity index (χ2n) is 5.30. The molecule has 23 heavy (non-hydrogen) atoms. The maximum absolute atomic E-state index is 12.1. The number of nitrogens with zero attached hydrogens (tertiary/aromatic N) is 3. The highest BCUT2D eigenvalue weighted by atomic mass is 16.3. The lowest BCUT2D eigenvalue weighted by Gasteiger charge is -2.20. The third kappa shape index (κ3) is 4.96. The topological polar surface area (TPSA) is 70.4 Å². The summed E-state index contributed by atoms with van der Waals surface area (Å²) in [4.78, 5) is 13.6. The summed E-state index contributed by atoms with van der Waals surface area (Å²) in [6, 6.07) is 7.37. The molecule has 0 bridgehead atoms. The van der Waals surface area contributed by atoms with Crippen LogP contribution in [0.25, 0.3) is 0 Å². The summed E-state index contributed by atoms with van der Waals surface area (Å²) in [5.74, 6) is 0. The molecule has 0 aliphatic rings. The molecule has 0 aliphatic heterocycles. The minimum atomic E-state index is -0.255. The van der Waals surface area contributed by atoms with Crippen LogP contribution in [0.2, 0.25) is 0 Å². The van der Waals surface area contributed by atoms with Gasteiger partial charge in [-0.3, -0.25) is 4.68 Å². The number of aryl methyl sites for hydroxylation is 1. The molecule has 2 amide bonds. The fourth-order valence-electron chi connectivity index (χ4n) is 2.19. The van der Waals surface area contributed by atoms with Crippen molar-refractivity contribution in [1.29, 1.82) is 0 Å². The van der Waals surface area contributed by atoms with Crippen molar-refractivity contribution in [2.45, 2.75) is 13.5 Å². The van der Waals surface area contributed by atoms with Crippen LogP contribution in [-0.4, -0.2) is 45.5 Å². The number of amides is 2. The molecule has 0 saturated carbocycles. The zero-order chi connectivity index (χ0) is 16.7. The van der Waals surface area contributed by atoms with Gasteiger partial charge in [0.25, 0.3) is 0 Å². The van der Waals surface area contributed by atoms with E-state index >= 15 is 0 Å². The lowest BCUT2D eigenvalue weighted by Crippen LogP contribution is -2.37. The molecule has 0 spiro atoms. The molecule has 2 N–H and O–H groups in total. The zero-order valence-electron chi connectivity index (χ0n) is 13.3. The van der Waals surface area contributed by atoms with Crippen molar-refractivity contribution in [2.24, 2.45) is 0 Å². The van der Waals surface area contributed by atoms with Gasteiger partial charge < -0.3 is 15.3 Å². The monoisotopic (exact) mass is 314 g/mol. The van der Waals surface area contributed by atoms with Gasteiger partial charge in [-0.1, -0.05) is 18.2 Å². The Bertz CT molecular complexity index is 649. The van der Waals surface area contributed by atoms with E-state index in [1.807, 2.05) is 48.3 Å². The molecule has 0 atom stereocenters. The van der Waals surface area contributed by atoms with Gasteiger partial charge in [0.2, 0.25) is 0 Å². The van der Waals surface area contributed by atoms with E-state index < -0.39 is 0 Å². The van der Waals surface area contributed by atoms with Crippen molar-refractivity contribution in [3.05, 3.63) is 60.4 Å². The Morgan fingerprint density at radius 2 is 2.17 bits per heavy atom. The fourth-order valence-corrected chi connectivity index (χ4v) is 2.19. The van der Waals surface area contributed by atoms with E-state index in [0.29, 0.717) is 18.8 Å². The number of hydrogen-bond donors (Lipinski definition) is 2. The molecule has 0 aliphatic carbocycles. The second kappa shape index (κ2) is 8.14. The Balaban J connectivity index is 1.96. The highest BCUT2D eigenvalue weighted by Crippen LogP contribution is 2.12. The van der Waals surface area contributed by atoms with E-state index in [-0.39, 0.29) is 19.2 Å². The largest absolute Gasteiger partial charge is 0.395 e. The molecule has 6 nitrogen and oxygen atoms in total. The van der Waals surface area contributed by atoms with Gasteiger partial charge >= 0.3 is 6.03 Å². The highest BCUT2D eigenvalue weighted by Gasteiger charge is 2.11. The van der Waals surface area contributed by atoms with E-state index in [1.165, 1.54) is 4.90 Å². The van der Waals surface area contributed by atoms with E-state index in [4.69, 9.17) is 5.11 Å². The van der Waals surface area contributed by atoms with Crippen LogP contribution >= 0.6 is 0 Å². The molecule has 0 saturated heterocycles. The fraction of sp³-hybridized carbons (Fsp3) is 0.294. The predicted molar refractivity (Wildman–Crippen MR) is 90.4 cm³/mol. The second-order valence-corrected chi connectivity index (χ2v) is 5.30. The van der Waals surface area contributed by atoms with E-state index in [0.717, 1.165) is 11.1 Å². The first kappa shape index (κ1) is 16.8. The first-order valence-electron chi connectivity index (χ1n) is 7.48. The summed E-state index contributed by atoms with van der Waals surface area (Å²) in [5, 5.41) is 16.1. The van der Waals surface area contributed by atoms with Gasteiger partial charge in [0.15, 0.2) is 0 Å². The summed E-state index contributed by atoms with van der Waals surface area (Å²) in [6.45, 7) is 6.89. The minimum Gasteiger partial charge on any atom is -0.395 e. The summed E-state index contributed by atoms with van der Waals surface area (Å²) < 4.78 is 1.87. The lowest BCUT2D eigenvalue weighted by atomic mass is 10.2. The van der Waals surface area contributed by atoms with Crippen LogP contribution in [0.4, 0.5) is 10.5 Å². The molecule has 0 fully saturated rings. The van der Waals surface area contributed by atoms with Crippen LogP contribution in [0.1, 0.15) is 11.1 Å². The average molecular weight is 314 g/mol. The molecule has 1 aromatic heterocycles. The molecular formula is C17H22N4O2. The third-order valence-corrected chi connectivity index (χ3v) is 3.32. The molecule has 0 unspecified atom stereocenters. The molecule has 2 rings (SSSR count). The Morgan fingerprint density at radius 1 is 1.43 bits per heavy atom. The number of aliphatic hydroxyl groups is 1. The first-order valence-corrected chi connectivity index (χ1v) is 7.48. The van der Waals surface area contributed by atoms with Crippen molar-refractivity contribution >= 4 is 11.7 Å². The van der Waals surface area contributed by atoms with Gasteiger partial charge in [-0.15, -0.1) is 6.58 Å². The number of benzene rings is 1. The Hall–Kier alpha value is -2.60. The molecule has 122 valence electrons. The van der Waals surface area contributed by atoms with Crippen LogP contribution in [0.15, 0.2) is 49.3 Å². The molecule has 2 aromatic rings. The Kier molecular flexibility index (Phi) is 5.94. The number of anilines is 1. The maximum Gasteiger partial charge on any atom is 0.322 e. The van der Waals surface area contributed by atoms with Crippen LogP contribution in [0.3, 0.4) is 0 Å². The van der Waals surface area contributed by atoms with E-state index in [2.05, 4.69) is 17.0 Å². The normalized spacial score (nSPS) is 10.3. The van der Waals surface area contributed by atoms with Crippen LogP contribution in [-0.2, 0) is 6.54 Å².